The minimum Gasteiger partial charge on any atom is -0.349 e. The van der Waals surface area contributed by atoms with Crippen LogP contribution in [0.15, 0.2) is 12.1 Å². The van der Waals surface area contributed by atoms with E-state index in [9.17, 15) is 9.59 Å². The molecule has 0 atom stereocenters. The first kappa shape index (κ1) is 21.9. The molecule has 1 N–H and O–H groups in total. The summed E-state index contributed by atoms with van der Waals surface area (Å²) in [7, 11) is 0. The van der Waals surface area contributed by atoms with Gasteiger partial charge in [0, 0.05) is 37.1 Å². The number of nitrogens with one attached hydrogen (secondary N) is 1. The molecule has 6 heteroatoms. The van der Waals surface area contributed by atoms with Gasteiger partial charge >= 0.3 is 0 Å². The highest BCUT2D eigenvalue weighted by Crippen LogP contribution is 2.17. The molecule has 1 aromatic rings. The molecule has 0 aliphatic carbocycles. The van der Waals surface area contributed by atoms with Crippen molar-refractivity contribution in [1.29, 1.82) is 0 Å². The Balaban J connectivity index is 1.78. The minimum absolute atomic E-state index is 0.0302. The van der Waals surface area contributed by atoms with Crippen molar-refractivity contribution in [2.24, 2.45) is 11.8 Å². The van der Waals surface area contributed by atoms with Crippen LogP contribution in [0.3, 0.4) is 0 Å². The summed E-state index contributed by atoms with van der Waals surface area (Å²) < 4.78 is 0. The summed E-state index contributed by atoms with van der Waals surface area (Å²) in [6, 6.07) is 4.07. The van der Waals surface area contributed by atoms with Crippen molar-refractivity contribution in [3.63, 3.8) is 0 Å². The van der Waals surface area contributed by atoms with Gasteiger partial charge in [0.15, 0.2) is 0 Å². The average Bonchev–Trinajstić information content (AvgIpc) is 3.02. The number of amides is 2. The van der Waals surface area contributed by atoms with Crippen LogP contribution >= 0.6 is 11.3 Å². The molecule has 1 aromatic heterocycles. The number of piperidine rings is 1. The smallest absolute Gasteiger partial charge is 0.261 e. The van der Waals surface area contributed by atoms with Gasteiger partial charge in [-0.25, -0.2) is 0 Å². The van der Waals surface area contributed by atoms with E-state index >= 15 is 0 Å². The third kappa shape index (κ3) is 7.26. The molecule has 1 aliphatic heterocycles. The van der Waals surface area contributed by atoms with E-state index in [-0.39, 0.29) is 17.9 Å². The summed E-state index contributed by atoms with van der Waals surface area (Å²) in [6.07, 6.45) is 1.80. The summed E-state index contributed by atoms with van der Waals surface area (Å²) in [5.74, 6) is 1.22. The molecular weight excluding hydrogens is 358 g/mol. The van der Waals surface area contributed by atoms with Crippen LogP contribution in [-0.2, 0) is 4.79 Å². The van der Waals surface area contributed by atoms with Gasteiger partial charge in [0.2, 0.25) is 5.91 Å². The van der Waals surface area contributed by atoms with Crippen molar-refractivity contribution in [2.75, 3.05) is 32.7 Å². The van der Waals surface area contributed by atoms with Gasteiger partial charge in [0.25, 0.3) is 5.91 Å². The van der Waals surface area contributed by atoms with Crippen LogP contribution in [-0.4, -0.2) is 60.4 Å². The average molecular weight is 394 g/mol. The van der Waals surface area contributed by atoms with Crippen molar-refractivity contribution < 1.29 is 9.59 Å². The number of rotatable bonds is 8. The van der Waals surface area contributed by atoms with E-state index in [0.717, 1.165) is 48.8 Å². The molecular formula is C21H35N3O2S. The number of hydrogen-bond donors (Lipinski definition) is 1. The fraction of sp³-hybridized carbons (Fsp3) is 0.714. The Morgan fingerprint density at radius 2 is 1.74 bits per heavy atom. The van der Waals surface area contributed by atoms with Crippen molar-refractivity contribution in [2.45, 2.75) is 53.5 Å². The first-order chi connectivity index (χ1) is 12.7. The zero-order valence-corrected chi connectivity index (χ0v) is 18.3. The Labute approximate surface area is 168 Å². The Morgan fingerprint density at radius 3 is 2.22 bits per heavy atom. The van der Waals surface area contributed by atoms with Crippen LogP contribution in [0.4, 0.5) is 0 Å². The molecule has 152 valence electrons. The molecule has 0 unspecified atom stereocenters. The second-order valence-electron chi connectivity index (χ2n) is 8.52. The van der Waals surface area contributed by atoms with E-state index in [0.29, 0.717) is 18.4 Å². The van der Waals surface area contributed by atoms with E-state index in [1.54, 1.807) is 0 Å². The maximum absolute atomic E-state index is 12.7. The van der Waals surface area contributed by atoms with E-state index in [1.807, 2.05) is 24.0 Å². The zero-order valence-electron chi connectivity index (χ0n) is 17.5. The van der Waals surface area contributed by atoms with Crippen molar-refractivity contribution in [3.8, 4) is 0 Å². The molecule has 2 amide bonds. The molecule has 0 radical (unpaired) electrons. The third-order valence-electron chi connectivity index (χ3n) is 4.77. The molecule has 1 fully saturated rings. The SMILES string of the molecule is Cc1ccc(C(=O)NC2CCN(CC(=O)N(CC(C)C)CC(C)C)CC2)s1. The lowest BCUT2D eigenvalue weighted by Crippen LogP contribution is -2.49. The number of carbonyl (C=O) groups is 2. The van der Waals surface area contributed by atoms with E-state index < -0.39 is 0 Å². The molecule has 1 aliphatic rings. The van der Waals surface area contributed by atoms with Gasteiger partial charge < -0.3 is 10.2 Å². The van der Waals surface area contributed by atoms with E-state index in [2.05, 4.69) is 37.9 Å². The van der Waals surface area contributed by atoms with Crippen molar-refractivity contribution >= 4 is 23.2 Å². The number of thiophene rings is 1. The fourth-order valence-electron chi connectivity index (χ4n) is 3.50. The first-order valence-corrected chi connectivity index (χ1v) is 10.9. The summed E-state index contributed by atoms with van der Waals surface area (Å²) >= 11 is 1.53. The monoisotopic (exact) mass is 393 g/mol. The number of likely N-dealkylation sites (tertiary alicyclic amines) is 1. The first-order valence-electron chi connectivity index (χ1n) is 10.1. The maximum atomic E-state index is 12.7. The summed E-state index contributed by atoms with van der Waals surface area (Å²) in [4.78, 5) is 31.2. The van der Waals surface area contributed by atoms with Crippen molar-refractivity contribution in [3.05, 3.63) is 21.9 Å². The van der Waals surface area contributed by atoms with Crippen LogP contribution in [0.5, 0.6) is 0 Å². The lowest BCUT2D eigenvalue weighted by atomic mass is 10.0. The largest absolute Gasteiger partial charge is 0.349 e. The number of carbonyl (C=O) groups excluding carboxylic acids is 2. The second kappa shape index (κ2) is 10.2. The molecule has 0 bridgehead atoms. The standard InChI is InChI=1S/C21H35N3O2S/c1-15(2)12-24(13-16(3)4)20(25)14-23-10-8-18(9-11-23)22-21(26)19-7-6-17(5)27-19/h6-7,15-16,18H,8-14H2,1-5H3,(H,22,26). The molecule has 2 heterocycles. The van der Waals surface area contributed by atoms with Gasteiger partial charge in [-0.05, 0) is 43.7 Å². The highest BCUT2D eigenvalue weighted by Gasteiger charge is 2.25. The van der Waals surface area contributed by atoms with Crippen LogP contribution < -0.4 is 5.32 Å². The molecule has 0 aromatic carbocycles. The highest BCUT2D eigenvalue weighted by molar-refractivity contribution is 7.13. The highest BCUT2D eigenvalue weighted by atomic mass is 32.1. The summed E-state index contributed by atoms with van der Waals surface area (Å²) in [5, 5.41) is 3.15. The van der Waals surface area contributed by atoms with E-state index in [4.69, 9.17) is 0 Å². The van der Waals surface area contributed by atoms with Gasteiger partial charge in [-0.15, -0.1) is 11.3 Å². The van der Waals surface area contributed by atoms with Crippen LogP contribution in [0.1, 0.15) is 55.1 Å². The van der Waals surface area contributed by atoms with Crippen LogP contribution in [0.2, 0.25) is 0 Å². The predicted octanol–water partition coefficient (Wildman–Crippen LogP) is 3.39. The quantitative estimate of drug-likeness (QED) is 0.736. The van der Waals surface area contributed by atoms with Crippen LogP contribution in [0.25, 0.3) is 0 Å². The Morgan fingerprint density at radius 1 is 1.15 bits per heavy atom. The predicted molar refractivity (Wildman–Crippen MR) is 112 cm³/mol. The number of nitrogens with zero attached hydrogens (tertiary/aromatic N) is 2. The van der Waals surface area contributed by atoms with Gasteiger partial charge in [-0.1, -0.05) is 27.7 Å². The molecule has 0 saturated carbocycles. The fourth-order valence-corrected chi connectivity index (χ4v) is 4.27. The van der Waals surface area contributed by atoms with Gasteiger partial charge in [0.05, 0.1) is 11.4 Å². The number of aryl methyl sites for hydroxylation is 1. The third-order valence-corrected chi connectivity index (χ3v) is 5.77. The van der Waals surface area contributed by atoms with Gasteiger partial charge in [-0.3, -0.25) is 14.5 Å². The molecule has 27 heavy (non-hydrogen) atoms. The minimum atomic E-state index is 0.0302. The Hall–Kier alpha value is -1.40. The summed E-state index contributed by atoms with van der Waals surface area (Å²) in [5.41, 5.74) is 0. The zero-order chi connectivity index (χ0) is 20.0. The van der Waals surface area contributed by atoms with Gasteiger partial charge in [-0.2, -0.15) is 0 Å². The maximum Gasteiger partial charge on any atom is 0.261 e. The lowest BCUT2D eigenvalue weighted by molar-refractivity contribution is -0.133. The van der Waals surface area contributed by atoms with E-state index in [1.165, 1.54) is 11.3 Å². The van der Waals surface area contributed by atoms with Crippen LogP contribution in [0, 0.1) is 18.8 Å². The normalized spacial score (nSPS) is 16.1. The van der Waals surface area contributed by atoms with Gasteiger partial charge in [0.1, 0.15) is 0 Å². The number of hydrogen-bond acceptors (Lipinski definition) is 4. The molecule has 2 rings (SSSR count). The van der Waals surface area contributed by atoms with Crippen molar-refractivity contribution in [1.82, 2.24) is 15.1 Å². The molecule has 5 nitrogen and oxygen atoms in total. The molecule has 1 saturated heterocycles. The summed E-state index contributed by atoms with van der Waals surface area (Å²) in [6.45, 7) is 14.5. The second-order valence-corrected chi connectivity index (χ2v) is 9.81. The molecule has 0 spiro atoms. The lowest BCUT2D eigenvalue weighted by Gasteiger charge is -2.34. The Kier molecular flexibility index (Phi) is 8.29. The topological polar surface area (TPSA) is 52.7 Å². The Bertz CT molecular complexity index is 609.